The van der Waals surface area contributed by atoms with E-state index in [0.717, 1.165) is 16.6 Å². The van der Waals surface area contributed by atoms with Gasteiger partial charge in [0.25, 0.3) is 5.82 Å². The topological polar surface area (TPSA) is 52.8 Å². The normalized spacial score (nSPS) is 11.6. The lowest BCUT2D eigenvalue weighted by molar-refractivity contribution is -0.145. The van der Waals surface area contributed by atoms with Crippen molar-refractivity contribution >= 4 is 11.6 Å². The highest BCUT2D eigenvalue weighted by atomic mass is 35.5. The molecule has 2 aromatic heterocycles. The number of aromatic nitrogens is 4. The minimum absolute atomic E-state index is 0.0909. The maximum atomic E-state index is 12.6. The number of ether oxygens (including phenoxy) is 1. The smallest absolute Gasteiger partial charge is 0.453 e. The monoisotopic (exact) mass is 368 g/mol. The second kappa shape index (κ2) is 6.72. The van der Waals surface area contributed by atoms with E-state index in [9.17, 15) is 13.2 Å². The van der Waals surface area contributed by atoms with E-state index in [4.69, 9.17) is 16.3 Å². The number of pyridine rings is 1. The fraction of sp³-hybridized carbons (Fsp3) is 0.188. The average molecular weight is 369 g/mol. The molecule has 5 nitrogen and oxygen atoms in total. The van der Waals surface area contributed by atoms with Gasteiger partial charge < -0.3 is 4.74 Å². The fourth-order valence-electron chi connectivity index (χ4n) is 2.30. The third-order valence-electron chi connectivity index (χ3n) is 3.37. The van der Waals surface area contributed by atoms with Gasteiger partial charge in [-0.1, -0.05) is 23.7 Å². The van der Waals surface area contributed by atoms with Gasteiger partial charge in [-0.3, -0.25) is 0 Å². The average Bonchev–Trinajstić information content (AvgIpc) is 3.03. The maximum absolute atomic E-state index is 12.6. The first-order valence-corrected chi connectivity index (χ1v) is 7.50. The number of hydrogen-bond acceptors (Lipinski definition) is 4. The fourth-order valence-corrected chi connectivity index (χ4v) is 2.49. The summed E-state index contributed by atoms with van der Waals surface area (Å²) in [6.07, 6.45) is -2.02. The molecule has 0 spiro atoms. The highest BCUT2D eigenvalue weighted by molar-refractivity contribution is 6.30. The van der Waals surface area contributed by atoms with Gasteiger partial charge in [-0.2, -0.15) is 13.2 Å². The van der Waals surface area contributed by atoms with E-state index < -0.39 is 12.0 Å². The Kier molecular flexibility index (Phi) is 4.63. The Labute approximate surface area is 146 Å². The molecule has 3 aromatic rings. The molecular weight excluding hydrogens is 357 g/mol. The Hall–Kier alpha value is -2.61. The number of rotatable bonds is 4. The van der Waals surface area contributed by atoms with Gasteiger partial charge in [0.1, 0.15) is 6.33 Å². The molecule has 0 atom stereocenters. The van der Waals surface area contributed by atoms with Gasteiger partial charge in [0.05, 0.1) is 13.7 Å². The Balaban J connectivity index is 1.93. The zero-order valence-corrected chi connectivity index (χ0v) is 13.7. The van der Waals surface area contributed by atoms with Gasteiger partial charge in [-0.15, -0.1) is 5.10 Å². The van der Waals surface area contributed by atoms with Crippen molar-refractivity contribution in [3.8, 4) is 17.0 Å². The zero-order chi connectivity index (χ0) is 18.0. The molecule has 2 heterocycles. The first-order chi connectivity index (χ1) is 11.9. The van der Waals surface area contributed by atoms with Gasteiger partial charge in [-0.05, 0) is 29.3 Å². The lowest BCUT2D eigenvalue weighted by Gasteiger charge is -2.10. The molecule has 3 rings (SSSR count). The van der Waals surface area contributed by atoms with Crippen LogP contribution in [-0.4, -0.2) is 26.9 Å². The molecule has 0 unspecified atom stereocenters. The number of alkyl halides is 3. The SMILES string of the molecule is COc1ncc(Cn2cnc(C(F)(F)F)n2)cc1-c1cccc(Cl)c1. The Morgan fingerprint density at radius 3 is 2.64 bits per heavy atom. The zero-order valence-electron chi connectivity index (χ0n) is 13.0. The molecule has 0 aliphatic rings. The molecule has 0 N–H and O–H groups in total. The summed E-state index contributed by atoms with van der Waals surface area (Å²) in [7, 11) is 1.49. The quantitative estimate of drug-likeness (QED) is 0.696. The Morgan fingerprint density at radius 2 is 2.00 bits per heavy atom. The van der Waals surface area contributed by atoms with E-state index in [2.05, 4.69) is 15.1 Å². The van der Waals surface area contributed by atoms with E-state index in [0.29, 0.717) is 22.0 Å². The van der Waals surface area contributed by atoms with Crippen molar-refractivity contribution in [2.45, 2.75) is 12.7 Å². The van der Waals surface area contributed by atoms with Crippen LogP contribution in [0.2, 0.25) is 5.02 Å². The van der Waals surface area contributed by atoms with Gasteiger partial charge >= 0.3 is 6.18 Å². The number of methoxy groups -OCH3 is 1. The first-order valence-electron chi connectivity index (χ1n) is 7.12. The van der Waals surface area contributed by atoms with E-state index in [-0.39, 0.29) is 6.54 Å². The molecule has 0 saturated heterocycles. The third kappa shape index (κ3) is 3.90. The van der Waals surface area contributed by atoms with Gasteiger partial charge in [-0.25, -0.2) is 14.6 Å². The molecule has 0 saturated carbocycles. The summed E-state index contributed by atoms with van der Waals surface area (Å²) in [5.41, 5.74) is 2.11. The van der Waals surface area contributed by atoms with Crippen LogP contribution < -0.4 is 4.74 Å². The summed E-state index contributed by atoms with van der Waals surface area (Å²) in [5, 5.41) is 3.99. The summed E-state index contributed by atoms with van der Waals surface area (Å²) in [5.74, 6) is -0.787. The lowest BCUT2D eigenvalue weighted by Crippen LogP contribution is -2.09. The van der Waals surface area contributed by atoms with Crippen LogP contribution in [0.15, 0.2) is 42.9 Å². The number of nitrogens with zero attached hydrogens (tertiary/aromatic N) is 4. The van der Waals surface area contributed by atoms with Crippen LogP contribution in [0.3, 0.4) is 0 Å². The van der Waals surface area contributed by atoms with Crippen molar-refractivity contribution in [1.29, 1.82) is 0 Å². The highest BCUT2D eigenvalue weighted by Gasteiger charge is 2.35. The van der Waals surface area contributed by atoms with Gasteiger partial charge in [0.2, 0.25) is 5.88 Å². The summed E-state index contributed by atoms with van der Waals surface area (Å²) in [6.45, 7) is 0.0909. The predicted molar refractivity (Wildman–Crippen MR) is 85.4 cm³/mol. The number of hydrogen-bond donors (Lipinski definition) is 0. The van der Waals surface area contributed by atoms with Crippen molar-refractivity contribution in [3.05, 3.63) is 59.3 Å². The number of benzene rings is 1. The van der Waals surface area contributed by atoms with Crippen LogP contribution in [0.5, 0.6) is 5.88 Å². The van der Waals surface area contributed by atoms with Crippen molar-refractivity contribution in [3.63, 3.8) is 0 Å². The molecule has 25 heavy (non-hydrogen) atoms. The molecular formula is C16H12ClF3N4O. The van der Waals surface area contributed by atoms with Crippen LogP contribution in [0.4, 0.5) is 13.2 Å². The van der Waals surface area contributed by atoms with E-state index in [1.165, 1.54) is 13.3 Å². The molecule has 0 fully saturated rings. The molecule has 1 aromatic carbocycles. The molecule has 130 valence electrons. The van der Waals surface area contributed by atoms with Gasteiger partial charge in [0, 0.05) is 16.8 Å². The van der Waals surface area contributed by atoms with Crippen LogP contribution >= 0.6 is 11.6 Å². The third-order valence-corrected chi connectivity index (χ3v) is 3.61. The molecule has 9 heteroatoms. The highest BCUT2D eigenvalue weighted by Crippen LogP contribution is 2.31. The van der Waals surface area contributed by atoms with Crippen molar-refractivity contribution < 1.29 is 17.9 Å². The summed E-state index contributed by atoms with van der Waals surface area (Å²) < 4.78 is 44.1. The van der Waals surface area contributed by atoms with E-state index in [1.807, 2.05) is 6.07 Å². The summed E-state index contributed by atoms with van der Waals surface area (Å²) in [4.78, 5) is 7.48. The molecule has 0 amide bonds. The van der Waals surface area contributed by atoms with Crippen molar-refractivity contribution in [2.75, 3.05) is 7.11 Å². The van der Waals surface area contributed by atoms with Crippen LogP contribution in [-0.2, 0) is 12.7 Å². The molecule has 0 radical (unpaired) electrons. The van der Waals surface area contributed by atoms with Crippen molar-refractivity contribution in [2.24, 2.45) is 0 Å². The van der Waals surface area contributed by atoms with Crippen molar-refractivity contribution in [1.82, 2.24) is 19.7 Å². The summed E-state index contributed by atoms with van der Waals surface area (Å²) in [6, 6.07) is 8.89. The largest absolute Gasteiger partial charge is 0.481 e. The minimum Gasteiger partial charge on any atom is -0.481 e. The Morgan fingerprint density at radius 1 is 1.20 bits per heavy atom. The van der Waals surface area contributed by atoms with Crippen LogP contribution in [0.25, 0.3) is 11.1 Å². The lowest BCUT2D eigenvalue weighted by atomic mass is 10.1. The standard InChI is InChI=1S/C16H12ClF3N4O/c1-25-14-13(11-3-2-4-12(17)6-11)5-10(7-21-14)8-24-9-22-15(23-24)16(18,19)20/h2-7,9H,8H2,1H3. The molecule has 0 bridgehead atoms. The van der Waals surface area contributed by atoms with Crippen LogP contribution in [0, 0.1) is 0 Å². The minimum atomic E-state index is -4.57. The van der Waals surface area contributed by atoms with E-state index >= 15 is 0 Å². The second-order valence-electron chi connectivity index (χ2n) is 5.17. The predicted octanol–water partition coefficient (Wildman–Crippen LogP) is 4.07. The number of halogens is 4. The first kappa shape index (κ1) is 17.2. The molecule has 0 aliphatic carbocycles. The van der Waals surface area contributed by atoms with E-state index in [1.54, 1.807) is 24.3 Å². The van der Waals surface area contributed by atoms with Gasteiger partial charge in [0.15, 0.2) is 0 Å². The maximum Gasteiger partial charge on any atom is 0.453 e. The second-order valence-corrected chi connectivity index (χ2v) is 5.61. The Bertz CT molecular complexity index is 895. The summed E-state index contributed by atoms with van der Waals surface area (Å²) >= 11 is 6.02. The van der Waals surface area contributed by atoms with Crippen LogP contribution in [0.1, 0.15) is 11.4 Å². The molecule has 0 aliphatic heterocycles.